The number of aromatic amines is 2. The van der Waals surface area contributed by atoms with Gasteiger partial charge >= 0.3 is 5.76 Å². The molecule has 0 aliphatic heterocycles. The molecule has 0 saturated carbocycles. The van der Waals surface area contributed by atoms with Crippen molar-refractivity contribution in [1.29, 1.82) is 0 Å². The van der Waals surface area contributed by atoms with Crippen LogP contribution in [0.3, 0.4) is 0 Å². The molecule has 2 atom stereocenters. The SMILES string of the molecule is Cc1ccc(F)c([C@@H](C)[C@H](NS(=O)(=O)c2cccc3[nH]ccc23)c2n[nH]c(=O)o2)c1C. The summed E-state index contributed by atoms with van der Waals surface area (Å²) in [5.74, 6) is -2.22. The minimum absolute atomic E-state index is 0.0442. The summed E-state index contributed by atoms with van der Waals surface area (Å²) < 4.78 is 49.1. The lowest BCUT2D eigenvalue weighted by Crippen LogP contribution is -2.33. The van der Waals surface area contributed by atoms with Gasteiger partial charge in [-0.05, 0) is 54.8 Å². The molecule has 0 aliphatic carbocycles. The number of H-pyrrole nitrogens is 2. The summed E-state index contributed by atoms with van der Waals surface area (Å²) in [4.78, 5) is 14.6. The Labute approximate surface area is 177 Å². The first-order chi connectivity index (χ1) is 14.7. The first kappa shape index (κ1) is 21.0. The molecule has 4 aromatic rings. The number of halogens is 1. The third kappa shape index (κ3) is 3.79. The van der Waals surface area contributed by atoms with Gasteiger partial charge in [-0.3, -0.25) is 0 Å². The van der Waals surface area contributed by atoms with E-state index in [0.29, 0.717) is 22.0 Å². The molecule has 0 radical (unpaired) electrons. The summed E-state index contributed by atoms with van der Waals surface area (Å²) in [5, 5.41) is 6.46. The Hall–Kier alpha value is -3.24. The highest BCUT2D eigenvalue weighted by Gasteiger charge is 2.34. The van der Waals surface area contributed by atoms with Crippen molar-refractivity contribution in [1.82, 2.24) is 19.9 Å². The van der Waals surface area contributed by atoms with Gasteiger partial charge in [0.25, 0.3) is 0 Å². The lowest BCUT2D eigenvalue weighted by atomic mass is 9.88. The highest BCUT2D eigenvalue weighted by molar-refractivity contribution is 7.89. The second-order valence-electron chi connectivity index (χ2n) is 7.44. The van der Waals surface area contributed by atoms with Crippen molar-refractivity contribution in [2.24, 2.45) is 0 Å². The van der Waals surface area contributed by atoms with Crippen LogP contribution in [0.2, 0.25) is 0 Å². The molecule has 4 rings (SSSR count). The van der Waals surface area contributed by atoms with Crippen molar-refractivity contribution in [2.75, 3.05) is 0 Å². The number of aromatic nitrogens is 3. The molecule has 0 bridgehead atoms. The molecule has 2 aromatic carbocycles. The topological polar surface area (TPSA) is 121 Å². The molecule has 0 amide bonds. The normalized spacial score (nSPS) is 14.1. The summed E-state index contributed by atoms with van der Waals surface area (Å²) in [7, 11) is -4.09. The number of fused-ring (bicyclic) bond motifs is 1. The number of nitrogens with zero attached hydrogens (tertiary/aromatic N) is 1. The zero-order valence-electron chi connectivity index (χ0n) is 17.1. The van der Waals surface area contributed by atoms with Crippen LogP contribution in [-0.2, 0) is 10.0 Å². The van der Waals surface area contributed by atoms with Gasteiger partial charge in [-0.2, -0.15) is 4.72 Å². The molecule has 0 unspecified atom stereocenters. The molecule has 2 aromatic heterocycles. The van der Waals surface area contributed by atoms with E-state index in [1.807, 2.05) is 6.92 Å². The van der Waals surface area contributed by atoms with E-state index in [-0.39, 0.29) is 10.8 Å². The van der Waals surface area contributed by atoms with Crippen molar-refractivity contribution >= 4 is 20.9 Å². The molecular formula is C21H21FN4O4S. The number of sulfonamides is 1. The fraction of sp³-hybridized carbons (Fsp3) is 0.238. The molecule has 2 heterocycles. The molecule has 0 saturated heterocycles. The smallest absolute Gasteiger partial charge is 0.391 e. The van der Waals surface area contributed by atoms with E-state index in [0.717, 1.165) is 5.56 Å². The van der Waals surface area contributed by atoms with Crippen LogP contribution in [0.25, 0.3) is 10.9 Å². The van der Waals surface area contributed by atoms with Crippen molar-refractivity contribution in [3.05, 3.63) is 81.5 Å². The summed E-state index contributed by atoms with van der Waals surface area (Å²) >= 11 is 0. The number of benzene rings is 2. The predicted molar refractivity (Wildman–Crippen MR) is 113 cm³/mol. The molecule has 31 heavy (non-hydrogen) atoms. The lowest BCUT2D eigenvalue weighted by Gasteiger charge is -2.25. The number of rotatable bonds is 6. The van der Waals surface area contributed by atoms with Crippen LogP contribution < -0.4 is 10.5 Å². The van der Waals surface area contributed by atoms with E-state index in [4.69, 9.17) is 4.42 Å². The van der Waals surface area contributed by atoms with Crippen LogP contribution in [0.15, 0.2) is 56.7 Å². The first-order valence-corrected chi connectivity index (χ1v) is 11.1. The van der Waals surface area contributed by atoms with E-state index in [2.05, 4.69) is 19.9 Å². The maximum Gasteiger partial charge on any atom is 0.434 e. The Morgan fingerprint density at radius 1 is 1.16 bits per heavy atom. The second-order valence-corrected chi connectivity index (χ2v) is 9.12. The minimum atomic E-state index is -4.09. The third-order valence-electron chi connectivity index (χ3n) is 5.54. The van der Waals surface area contributed by atoms with E-state index in [1.165, 1.54) is 12.1 Å². The summed E-state index contributed by atoms with van der Waals surface area (Å²) in [6, 6.07) is 8.36. The zero-order chi connectivity index (χ0) is 22.3. The van der Waals surface area contributed by atoms with Gasteiger partial charge in [-0.1, -0.05) is 19.1 Å². The molecule has 0 fully saturated rings. The van der Waals surface area contributed by atoms with Gasteiger partial charge in [-0.15, -0.1) is 5.10 Å². The van der Waals surface area contributed by atoms with Crippen molar-refractivity contribution in [3.63, 3.8) is 0 Å². The molecule has 3 N–H and O–H groups in total. The first-order valence-electron chi connectivity index (χ1n) is 9.58. The van der Waals surface area contributed by atoms with Gasteiger partial charge in [0.2, 0.25) is 15.9 Å². The molecule has 0 spiro atoms. The minimum Gasteiger partial charge on any atom is -0.391 e. The Kier molecular flexibility index (Phi) is 5.28. The predicted octanol–water partition coefficient (Wildman–Crippen LogP) is 3.42. The Balaban J connectivity index is 1.83. The standard InChI is InChI=1S/C21H21FN4O4S/c1-11-7-8-15(22)18(12(11)2)13(3)19(20-24-25-21(27)30-20)26-31(28,29)17-6-4-5-16-14(17)9-10-23-16/h4-10,13,19,23,26H,1-3H3,(H,25,27)/t13-,19+/m1/s1. The number of aryl methyl sites for hydroxylation is 1. The van der Waals surface area contributed by atoms with Crippen molar-refractivity contribution < 1.29 is 17.2 Å². The maximum atomic E-state index is 14.8. The van der Waals surface area contributed by atoms with Crippen molar-refractivity contribution in [3.8, 4) is 0 Å². The van der Waals surface area contributed by atoms with Gasteiger partial charge in [-0.25, -0.2) is 22.7 Å². The average molecular weight is 444 g/mol. The number of nitrogens with one attached hydrogen (secondary N) is 3. The summed E-state index contributed by atoms with van der Waals surface area (Å²) in [6.45, 7) is 5.26. The van der Waals surface area contributed by atoms with Crippen LogP contribution in [0, 0.1) is 19.7 Å². The quantitative estimate of drug-likeness (QED) is 0.421. The molecule has 162 valence electrons. The maximum absolute atomic E-state index is 14.8. The number of hydrogen-bond acceptors (Lipinski definition) is 5. The lowest BCUT2D eigenvalue weighted by molar-refractivity contribution is 0.377. The Bertz CT molecular complexity index is 1420. The van der Waals surface area contributed by atoms with Crippen LogP contribution >= 0.6 is 0 Å². The van der Waals surface area contributed by atoms with Gasteiger partial charge in [0.05, 0.1) is 4.90 Å². The fourth-order valence-corrected chi connectivity index (χ4v) is 5.28. The monoisotopic (exact) mass is 444 g/mol. The van der Waals surface area contributed by atoms with Gasteiger partial charge < -0.3 is 9.40 Å². The largest absolute Gasteiger partial charge is 0.434 e. The van der Waals surface area contributed by atoms with Gasteiger partial charge in [0.15, 0.2) is 0 Å². The van der Waals surface area contributed by atoms with Crippen LogP contribution in [0.1, 0.15) is 41.5 Å². The second kappa shape index (κ2) is 7.78. The molecular weight excluding hydrogens is 423 g/mol. The Morgan fingerprint density at radius 2 is 1.94 bits per heavy atom. The van der Waals surface area contributed by atoms with Gasteiger partial charge in [0.1, 0.15) is 11.9 Å². The highest BCUT2D eigenvalue weighted by Crippen LogP contribution is 2.35. The fourth-order valence-electron chi connectivity index (χ4n) is 3.79. The van der Waals surface area contributed by atoms with Crippen molar-refractivity contribution in [2.45, 2.75) is 37.6 Å². The number of hydrogen-bond donors (Lipinski definition) is 3. The highest BCUT2D eigenvalue weighted by atomic mass is 32.2. The molecule has 8 nitrogen and oxygen atoms in total. The third-order valence-corrected chi connectivity index (χ3v) is 7.03. The zero-order valence-corrected chi connectivity index (χ0v) is 17.9. The van der Waals surface area contributed by atoms with E-state index in [1.54, 1.807) is 44.3 Å². The van der Waals surface area contributed by atoms with E-state index in [9.17, 15) is 17.6 Å². The van der Waals surface area contributed by atoms with E-state index >= 15 is 0 Å². The average Bonchev–Trinajstić information content (AvgIpc) is 3.37. The van der Waals surface area contributed by atoms with E-state index < -0.39 is 33.6 Å². The van der Waals surface area contributed by atoms with Crippen LogP contribution in [0.4, 0.5) is 4.39 Å². The van der Waals surface area contributed by atoms with Crippen LogP contribution in [0.5, 0.6) is 0 Å². The molecule has 0 aliphatic rings. The molecule has 10 heteroatoms. The summed E-state index contributed by atoms with van der Waals surface area (Å²) in [5.41, 5.74) is 2.50. The Morgan fingerprint density at radius 3 is 2.65 bits per heavy atom. The summed E-state index contributed by atoms with van der Waals surface area (Å²) in [6.07, 6.45) is 1.64. The van der Waals surface area contributed by atoms with Crippen LogP contribution in [-0.4, -0.2) is 23.6 Å². The van der Waals surface area contributed by atoms with Gasteiger partial charge in [0, 0.05) is 23.0 Å².